The normalized spacial score (nSPS) is 17.8. The summed E-state index contributed by atoms with van der Waals surface area (Å²) >= 11 is 0. The number of H-pyrrole nitrogens is 2. The molecule has 0 fully saturated rings. The fourth-order valence-corrected chi connectivity index (χ4v) is 7.67. The summed E-state index contributed by atoms with van der Waals surface area (Å²) in [6.07, 6.45) is 5.92. The maximum atomic E-state index is 13.5. The van der Waals surface area contributed by atoms with Crippen molar-refractivity contribution in [1.29, 1.82) is 0 Å². The molecule has 0 amide bonds. The first kappa shape index (κ1) is 36.7. The number of allylic oxidation sites excluding steroid dienone is 5. The zero-order valence-electron chi connectivity index (χ0n) is 30.9. The third kappa shape index (κ3) is 6.28. The molecule has 0 aromatic carbocycles. The SMILES string of the molecule is C=Cc1c(C)c2cc3nc(cc4[nH]c(cc5nc(cc1[nH]2)C(C)=C5CCC(=O)OC)c(CCC(=O)OC)c4C)[C@@]1(C)C3=CC=C(C(=O)O)[C@H]1C(=O)OC. The minimum absolute atomic E-state index is 0.109. The van der Waals surface area contributed by atoms with Crippen molar-refractivity contribution in [3.63, 3.8) is 0 Å². The minimum Gasteiger partial charge on any atom is -0.478 e. The molecule has 274 valence electrons. The number of carboxylic acids is 1. The second kappa shape index (κ2) is 14.2. The molecular weight excluding hydrogens is 676 g/mol. The molecule has 0 saturated heterocycles. The Morgan fingerprint density at radius 1 is 0.811 bits per heavy atom. The molecular formula is C41H42N4O8. The van der Waals surface area contributed by atoms with Crippen LogP contribution in [0, 0.1) is 19.8 Å². The van der Waals surface area contributed by atoms with Crippen LogP contribution in [0.25, 0.3) is 44.9 Å². The van der Waals surface area contributed by atoms with Crippen LogP contribution in [0.3, 0.4) is 0 Å². The first-order valence-electron chi connectivity index (χ1n) is 17.2. The Morgan fingerprint density at radius 2 is 1.43 bits per heavy atom. The molecule has 5 heterocycles. The predicted octanol–water partition coefficient (Wildman–Crippen LogP) is 6.72. The van der Waals surface area contributed by atoms with E-state index >= 15 is 0 Å². The molecule has 3 aliphatic rings. The number of methoxy groups -OCH3 is 3. The van der Waals surface area contributed by atoms with E-state index in [4.69, 9.17) is 24.2 Å². The van der Waals surface area contributed by atoms with Crippen LogP contribution in [-0.2, 0) is 45.2 Å². The number of esters is 3. The number of carbonyl (C=O) groups is 4. The van der Waals surface area contributed by atoms with Crippen molar-refractivity contribution in [3.8, 4) is 0 Å². The lowest BCUT2D eigenvalue weighted by Gasteiger charge is -2.36. The van der Waals surface area contributed by atoms with E-state index in [1.807, 2.05) is 52.0 Å². The average Bonchev–Trinajstić information content (AvgIpc) is 3.79. The van der Waals surface area contributed by atoms with Crippen molar-refractivity contribution in [1.82, 2.24) is 19.9 Å². The summed E-state index contributed by atoms with van der Waals surface area (Å²) in [6.45, 7) is 11.8. The van der Waals surface area contributed by atoms with Gasteiger partial charge in [-0.05, 0) is 98.2 Å². The van der Waals surface area contributed by atoms with Crippen molar-refractivity contribution in [2.75, 3.05) is 21.3 Å². The number of fused-ring (bicyclic) bond motifs is 11. The van der Waals surface area contributed by atoms with Gasteiger partial charge in [0.05, 0.1) is 55.1 Å². The largest absolute Gasteiger partial charge is 0.478 e. The highest BCUT2D eigenvalue weighted by Crippen LogP contribution is 2.52. The lowest BCUT2D eigenvalue weighted by molar-refractivity contribution is -0.148. The molecule has 3 N–H and O–H groups in total. The average molecular weight is 719 g/mol. The molecule has 2 aliphatic heterocycles. The monoisotopic (exact) mass is 718 g/mol. The maximum Gasteiger partial charge on any atom is 0.332 e. The Balaban J connectivity index is 1.77. The van der Waals surface area contributed by atoms with Crippen LogP contribution in [0.15, 0.2) is 48.6 Å². The van der Waals surface area contributed by atoms with Crippen molar-refractivity contribution in [3.05, 3.63) is 93.6 Å². The van der Waals surface area contributed by atoms with Gasteiger partial charge >= 0.3 is 23.9 Å². The molecule has 0 unspecified atom stereocenters. The van der Waals surface area contributed by atoms with Crippen LogP contribution in [-0.4, -0.2) is 70.2 Å². The quantitative estimate of drug-likeness (QED) is 0.159. The summed E-state index contributed by atoms with van der Waals surface area (Å²) in [6, 6.07) is 7.59. The number of rotatable bonds is 9. The number of ether oxygens (including phenoxy) is 3. The lowest BCUT2D eigenvalue weighted by atomic mass is 9.64. The Labute approximate surface area is 306 Å². The highest BCUT2D eigenvalue weighted by atomic mass is 16.5. The van der Waals surface area contributed by atoms with Gasteiger partial charge in [-0.25, -0.2) is 9.78 Å². The van der Waals surface area contributed by atoms with E-state index in [1.165, 1.54) is 27.4 Å². The lowest BCUT2D eigenvalue weighted by Crippen LogP contribution is -2.42. The molecule has 0 saturated carbocycles. The smallest absolute Gasteiger partial charge is 0.332 e. The van der Waals surface area contributed by atoms with Crippen LogP contribution in [0.1, 0.15) is 78.1 Å². The Morgan fingerprint density at radius 3 is 2.08 bits per heavy atom. The number of carbonyl (C=O) groups excluding carboxylic acids is 3. The molecule has 12 nitrogen and oxygen atoms in total. The number of nitrogens with one attached hydrogen (secondary N) is 2. The number of aromatic amines is 2. The number of hydrogen-bond donors (Lipinski definition) is 3. The first-order valence-corrected chi connectivity index (χ1v) is 17.2. The maximum absolute atomic E-state index is 13.5. The van der Waals surface area contributed by atoms with Crippen LogP contribution >= 0.6 is 0 Å². The summed E-state index contributed by atoms with van der Waals surface area (Å²) in [7, 11) is 3.94. The van der Waals surface area contributed by atoms with Gasteiger partial charge in [-0.2, -0.15) is 0 Å². The molecule has 0 spiro atoms. The molecule has 8 bridgehead atoms. The van der Waals surface area contributed by atoms with Crippen molar-refractivity contribution >= 4 is 68.7 Å². The molecule has 12 heteroatoms. The number of nitrogens with zero attached hydrogens (tertiary/aromatic N) is 2. The Kier molecular flexibility index (Phi) is 9.83. The van der Waals surface area contributed by atoms with Gasteiger partial charge in [-0.3, -0.25) is 19.4 Å². The van der Waals surface area contributed by atoms with E-state index in [0.29, 0.717) is 52.2 Å². The number of carboxylic acid groups (broad SMARTS) is 1. The Bertz CT molecular complexity index is 2370. The van der Waals surface area contributed by atoms with Gasteiger partial charge in [0, 0.05) is 40.5 Å². The standard InChI is InChI=1S/C41H42N4O8/c1-9-23-20(2)29-17-34-27-13-10-26(39(48)49)38(40(50)53-8)41(27,5)35(45-34)19-30-22(4)25(12-15-37(47)52-7)33(44-30)18-32-24(11-14-36(46)51-6)21(3)28(43-32)16-31(23)42-29/h9-10,13,16-19,38,42,44H,1,11-12,14-15H2,2-8H3,(H,48,49)/t38-,41+/m0/s1. The molecule has 1 aliphatic carbocycles. The van der Waals surface area contributed by atoms with Gasteiger partial charge in [0.25, 0.3) is 0 Å². The van der Waals surface area contributed by atoms with Gasteiger partial charge in [-0.15, -0.1) is 0 Å². The highest BCUT2D eigenvalue weighted by molar-refractivity contribution is 6.01. The van der Waals surface area contributed by atoms with E-state index in [0.717, 1.165) is 44.4 Å². The zero-order valence-corrected chi connectivity index (χ0v) is 30.9. The number of hydrogen-bond acceptors (Lipinski definition) is 9. The second-order valence-electron chi connectivity index (χ2n) is 13.5. The van der Waals surface area contributed by atoms with Crippen molar-refractivity contribution in [2.45, 2.75) is 58.8 Å². The highest BCUT2D eigenvalue weighted by Gasteiger charge is 2.53. The molecule has 6 rings (SSSR count). The van der Waals surface area contributed by atoms with Crippen LogP contribution in [0.2, 0.25) is 0 Å². The van der Waals surface area contributed by atoms with E-state index in [1.54, 1.807) is 12.2 Å². The van der Waals surface area contributed by atoms with E-state index in [9.17, 15) is 24.3 Å². The summed E-state index contributed by atoms with van der Waals surface area (Å²) in [5.41, 5.74) is 9.69. The number of aliphatic carboxylic acids is 1. The Hall–Kier alpha value is -6.04. The van der Waals surface area contributed by atoms with Crippen LogP contribution in [0.4, 0.5) is 0 Å². The third-order valence-electron chi connectivity index (χ3n) is 10.8. The molecule has 3 aromatic heterocycles. The molecule has 53 heavy (non-hydrogen) atoms. The second-order valence-corrected chi connectivity index (χ2v) is 13.5. The molecule has 3 aromatic rings. The zero-order chi connectivity index (χ0) is 38.4. The van der Waals surface area contributed by atoms with Gasteiger partial charge in [-0.1, -0.05) is 24.8 Å². The molecule has 0 radical (unpaired) electrons. The summed E-state index contributed by atoms with van der Waals surface area (Å²) in [4.78, 5) is 68.0. The van der Waals surface area contributed by atoms with Gasteiger partial charge in [0.15, 0.2) is 0 Å². The fourth-order valence-electron chi connectivity index (χ4n) is 7.67. The van der Waals surface area contributed by atoms with Crippen molar-refractivity contribution in [2.24, 2.45) is 5.92 Å². The van der Waals surface area contributed by atoms with E-state index < -0.39 is 23.3 Å². The van der Waals surface area contributed by atoms with Crippen molar-refractivity contribution < 1.29 is 38.5 Å². The van der Waals surface area contributed by atoms with Gasteiger partial charge in [0.1, 0.15) is 5.92 Å². The predicted molar refractivity (Wildman–Crippen MR) is 201 cm³/mol. The minimum atomic E-state index is -1.24. The summed E-state index contributed by atoms with van der Waals surface area (Å²) < 4.78 is 15.1. The topological polar surface area (TPSA) is 174 Å². The van der Waals surface area contributed by atoms with Crippen LogP contribution in [0.5, 0.6) is 0 Å². The van der Waals surface area contributed by atoms with Gasteiger partial charge < -0.3 is 29.3 Å². The number of aromatic nitrogens is 4. The molecule has 2 atom stereocenters. The summed E-state index contributed by atoms with van der Waals surface area (Å²) in [5, 5.41) is 10.3. The first-order chi connectivity index (χ1) is 25.3. The van der Waals surface area contributed by atoms with Crippen LogP contribution < -0.4 is 0 Å². The number of aryl methyl sites for hydroxylation is 3. The van der Waals surface area contributed by atoms with E-state index in [2.05, 4.69) is 16.5 Å². The summed E-state index contributed by atoms with van der Waals surface area (Å²) in [5.74, 6) is -3.86. The fraction of sp³-hybridized carbons (Fsp3) is 0.317. The van der Waals surface area contributed by atoms with E-state index in [-0.39, 0.29) is 30.4 Å². The third-order valence-corrected chi connectivity index (χ3v) is 10.8. The van der Waals surface area contributed by atoms with Gasteiger partial charge in [0.2, 0.25) is 0 Å².